The number of hydrogen-bond donors (Lipinski definition) is 2. The lowest BCUT2D eigenvalue weighted by atomic mass is 10.2. The number of nitrogens with one attached hydrogen (secondary N) is 2. The van der Waals surface area contributed by atoms with E-state index < -0.39 is 0 Å². The van der Waals surface area contributed by atoms with Gasteiger partial charge in [-0.2, -0.15) is 0 Å². The first-order valence-electron chi connectivity index (χ1n) is 5.55. The second-order valence-electron chi connectivity index (χ2n) is 4.07. The quantitative estimate of drug-likeness (QED) is 0.587. The number of rotatable bonds is 4. The van der Waals surface area contributed by atoms with Crippen LogP contribution < -0.4 is 10.6 Å². The molecule has 2 N–H and O–H groups in total. The molecule has 0 unspecified atom stereocenters. The van der Waals surface area contributed by atoms with E-state index in [1.54, 1.807) is 7.05 Å². The molecule has 0 aliphatic heterocycles. The average molecular weight is 223 g/mol. The third-order valence-electron chi connectivity index (χ3n) is 2.24. The SMILES string of the molecule is CN=C(NC)NCc1nccn1CC(C)C. The van der Waals surface area contributed by atoms with Crippen molar-refractivity contribution < 1.29 is 0 Å². The fourth-order valence-electron chi connectivity index (χ4n) is 1.51. The van der Waals surface area contributed by atoms with Crippen molar-refractivity contribution in [2.75, 3.05) is 14.1 Å². The zero-order chi connectivity index (χ0) is 12.0. The largest absolute Gasteiger partial charge is 0.359 e. The van der Waals surface area contributed by atoms with Gasteiger partial charge in [-0.15, -0.1) is 0 Å². The summed E-state index contributed by atoms with van der Waals surface area (Å²) in [6, 6.07) is 0. The summed E-state index contributed by atoms with van der Waals surface area (Å²) in [5, 5.41) is 6.17. The van der Waals surface area contributed by atoms with Crippen LogP contribution in [-0.4, -0.2) is 29.6 Å². The second-order valence-corrected chi connectivity index (χ2v) is 4.07. The molecule has 0 aliphatic carbocycles. The van der Waals surface area contributed by atoms with E-state index >= 15 is 0 Å². The summed E-state index contributed by atoms with van der Waals surface area (Å²) in [5.74, 6) is 2.43. The molecule has 0 amide bonds. The van der Waals surface area contributed by atoms with Crippen LogP contribution in [0.1, 0.15) is 19.7 Å². The monoisotopic (exact) mass is 223 g/mol. The number of guanidine groups is 1. The minimum absolute atomic E-state index is 0.622. The maximum Gasteiger partial charge on any atom is 0.191 e. The zero-order valence-electron chi connectivity index (χ0n) is 10.5. The van der Waals surface area contributed by atoms with Crippen LogP contribution in [-0.2, 0) is 13.1 Å². The lowest BCUT2D eigenvalue weighted by Crippen LogP contribution is -2.34. The van der Waals surface area contributed by atoms with Gasteiger partial charge in [-0.3, -0.25) is 4.99 Å². The zero-order valence-corrected chi connectivity index (χ0v) is 10.5. The molecule has 16 heavy (non-hydrogen) atoms. The Morgan fingerprint density at radius 1 is 1.56 bits per heavy atom. The van der Waals surface area contributed by atoms with E-state index in [4.69, 9.17) is 0 Å². The Balaban J connectivity index is 2.57. The Labute approximate surface area is 97.0 Å². The molecule has 0 saturated heterocycles. The first kappa shape index (κ1) is 12.5. The normalized spacial score (nSPS) is 11.9. The van der Waals surface area contributed by atoms with Crippen LogP contribution in [0, 0.1) is 5.92 Å². The maximum atomic E-state index is 4.33. The molecule has 0 fully saturated rings. The van der Waals surface area contributed by atoms with E-state index in [9.17, 15) is 0 Å². The van der Waals surface area contributed by atoms with Gasteiger partial charge in [0.25, 0.3) is 0 Å². The first-order chi connectivity index (χ1) is 7.67. The fraction of sp³-hybridized carbons (Fsp3) is 0.636. The predicted molar refractivity (Wildman–Crippen MR) is 66.3 cm³/mol. The number of aromatic nitrogens is 2. The van der Waals surface area contributed by atoms with Gasteiger partial charge < -0.3 is 15.2 Å². The molecule has 5 nitrogen and oxygen atoms in total. The fourth-order valence-corrected chi connectivity index (χ4v) is 1.51. The minimum atomic E-state index is 0.622. The van der Waals surface area contributed by atoms with Gasteiger partial charge in [0.05, 0.1) is 6.54 Å². The second kappa shape index (κ2) is 6.15. The standard InChI is InChI=1S/C11H21N5/c1-9(2)8-16-6-5-14-10(16)7-15-11(12-3)13-4/h5-6,9H,7-8H2,1-4H3,(H2,12,13,15). The van der Waals surface area contributed by atoms with Crippen LogP contribution in [0.25, 0.3) is 0 Å². The highest BCUT2D eigenvalue weighted by molar-refractivity contribution is 5.79. The van der Waals surface area contributed by atoms with Gasteiger partial charge in [-0.05, 0) is 5.92 Å². The molecular weight excluding hydrogens is 202 g/mol. The Morgan fingerprint density at radius 3 is 2.88 bits per heavy atom. The van der Waals surface area contributed by atoms with E-state index in [-0.39, 0.29) is 0 Å². The highest BCUT2D eigenvalue weighted by Crippen LogP contribution is 2.03. The van der Waals surface area contributed by atoms with E-state index in [0.717, 1.165) is 18.3 Å². The Hall–Kier alpha value is -1.52. The number of aliphatic imine (C=N–C) groups is 1. The van der Waals surface area contributed by atoms with E-state index in [1.165, 1.54) is 0 Å². The van der Waals surface area contributed by atoms with Crippen molar-refractivity contribution in [3.8, 4) is 0 Å². The molecule has 1 aromatic rings. The van der Waals surface area contributed by atoms with E-state index in [1.807, 2.05) is 19.4 Å². The summed E-state index contributed by atoms with van der Waals surface area (Å²) in [6.45, 7) is 6.08. The predicted octanol–water partition coefficient (Wildman–Crippen LogP) is 0.834. The summed E-state index contributed by atoms with van der Waals surface area (Å²) in [6.07, 6.45) is 3.85. The topological polar surface area (TPSA) is 54.2 Å². The Bertz CT molecular complexity index is 340. The van der Waals surface area contributed by atoms with Crippen LogP contribution in [0.2, 0.25) is 0 Å². The summed E-state index contributed by atoms with van der Waals surface area (Å²) in [5.41, 5.74) is 0. The van der Waals surface area contributed by atoms with Gasteiger partial charge in [-0.25, -0.2) is 4.98 Å². The van der Waals surface area contributed by atoms with Gasteiger partial charge in [0.1, 0.15) is 5.82 Å². The summed E-state index contributed by atoms with van der Waals surface area (Å²) in [4.78, 5) is 8.38. The molecule has 1 rings (SSSR count). The highest BCUT2D eigenvalue weighted by Gasteiger charge is 2.04. The number of nitrogens with zero attached hydrogens (tertiary/aromatic N) is 3. The van der Waals surface area contributed by atoms with Gasteiger partial charge >= 0.3 is 0 Å². The van der Waals surface area contributed by atoms with Crippen molar-refractivity contribution in [2.45, 2.75) is 26.9 Å². The van der Waals surface area contributed by atoms with Crippen LogP contribution in [0.5, 0.6) is 0 Å². The maximum absolute atomic E-state index is 4.33. The summed E-state index contributed by atoms with van der Waals surface area (Å²) in [7, 11) is 3.59. The minimum Gasteiger partial charge on any atom is -0.359 e. The average Bonchev–Trinajstić information content (AvgIpc) is 2.66. The molecule has 5 heteroatoms. The number of hydrogen-bond acceptors (Lipinski definition) is 2. The summed E-state index contributed by atoms with van der Waals surface area (Å²) >= 11 is 0. The molecule has 0 bridgehead atoms. The molecule has 0 aliphatic rings. The van der Waals surface area contributed by atoms with Crippen molar-refractivity contribution in [3.63, 3.8) is 0 Å². The van der Waals surface area contributed by atoms with E-state index in [2.05, 4.69) is 39.0 Å². The lowest BCUT2D eigenvalue weighted by molar-refractivity contribution is 0.504. The van der Waals surface area contributed by atoms with Gasteiger partial charge in [0, 0.05) is 33.0 Å². The van der Waals surface area contributed by atoms with Gasteiger partial charge in [0.2, 0.25) is 0 Å². The van der Waals surface area contributed by atoms with Crippen molar-refractivity contribution in [1.29, 1.82) is 0 Å². The number of imidazole rings is 1. The van der Waals surface area contributed by atoms with Crippen molar-refractivity contribution >= 4 is 5.96 Å². The third kappa shape index (κ3) is 3.56. The smallest absolute Gasteiger partial charge is 0.191 e. The Morgan fingerprint density at radius 2 is 2.31 bits per heavy atom. The lowest BCUT2D eigenvalue weighted by Gasteiger charge is -2.12. The molecule has 1 heterocycles. The van der Waals surface area contributed by atoms with Crippen LogP contribution in [0.15, 0.2) is 17.4 Å². The van der Waals surface area contributed by atoms with Crippen LogP contribution in [0.3, 0.4) is 0 Å². The van der Waals surface area contributed by atoms with Crippen molar-refractivity contribution in [2.24, 2.45) is 10.9 Å². The van der Waals surface area contributed by atoms with Gasteiger partial charge in [-0.1, -0.05) is 13.8 Å². The van der Waals surface area contributed by atoms with Gasteiger partial charge in [0.15, 0.2) is 5.96 Å². The van der Waals surface area contributed by atoms with Crippen molar-refractivity contribution in [1.82, 2.24) is 20.2 Å². The highest BCUT2D eigenvalue weighted by atomic mass is 15.2. The third-order valence-corrected chi connectivity index (χ3v) is 2.24. The molecule has 0 spiro atoms. The first-order valence-corrected chi connectivity index (χ1v) is 5.55. The summed E-state index contributed by atoms with van der Waals surface area (Å²) < 4.78 is 2.17. The van der Waals surface area contributed by atoms with Crippen LogP contribution >= 0.6 is 0 Å². The van der Waals surface area contributed by atoms with Crippen LogP contribution in [0.4, 0.5) is 0 Å². The molecular formula is C11H21N5. The molecule has 0 saturated carbocycles. The van der Waals surface area contributed by atoms with Crippen molar-refractivity contribution in [3.05, 3.63) is 18.2 Å². The molecule has 90 valence electrons. The molecule has 0 atom stereocenters. The molecule has 0 aromatic carbocycles. The van der Waals surface area contributed by atoms with E-state index in [0.29, 0.717) is 12.5 Å². The molecule has 0 radical (unpaired) electrons. The molecule has 1 aromatic heterocycles. The Kier molecular flexibility index (Phi) is 4.82.